The van der Waals surface area contributed by atoms with Crippen molar-refractivity contribution in [2.75, 3.05) is 26.2 Å². The molecule has 26 heavy (non-hydrogen) atoms. The zero-order valence-corrected chi connectivity index (χ0v) is 15.4. The number of hydrogen-bond acceptors (Lipinski definition) is 3. The maximum absolute atomic E-state index is 12.6. The van der Waals surface area contributed by atoms with Gasteiger partial charge in [0.15, 0.2) is 0 Å². The lowest BCUT2D eigenvalue weighted by Crippen LogP contribution is -2.56. The van der Waals surface area contributed by atoms with Gasteiger partial charge in [0.25, 0.3) is 0 Å². The van der Waals surface area contributed by atoms with Crippen LogP contribution in [0.2, 0.25) is 0 Å². The Labute approximate surface area is 155 Å². The monoisotopic (exact) mass is 356 g/mol. The van der Waals surface area contributed by atoms with Crippen LogP contribution in [0.3, 0.4) is 0 Å². The molecule has 1 spiro atoms. The van der Waals surface area contributed by atoms with Gasteiger partial charge in [-0.1, -0.05) is 30.3 Å². The lowest BCUT2D eigenvalue weighted by Gasteiger charge is -2.48. The van der Waals surface area contributed by atoms with Crippen molar-refractivity contribution < 1.29 is 14.3 Å². The number of ether oxygens (including phenoxy) is 1. The van der Waals surface area contributed by atoms with E-state index in [1.54, 1.807) is 0 Å². The SMILES string of the molecule is O=C(COCc1ccccc1)N1CCC[C@]2(CCC(=O)N(C3CC3)C2)C1. The molecule has 140 valence electrons. The summed E-state index contributed by atoms with van der Waals surface area (Å²) in [6.07, 6.45) is 6.01. The topological polar surface area (TPSA) is 49.9 Å². The largest absolute Gasteiger partial charge is 0.367 e. The zero-order chi connectivity index (χ0) is 18.0. The summed E-state index contributed by atoms with van der Waals surface area (Å²) in [5.74, 6) is 0.391. The fourth-order valence-corrected chi connectivity index (χ4v) is 4.44. The van der Waals surface area contributed by atoms with Crippen molar-refractivity contribution in [1.82, 2.24) is 9.80 Å². The number of carbonyl (C=O) groups is 2. The smallest absolute Gasteiger partial charge is 0.248 e. The molecule has 0 aromatic heterocycles. The summed E-state index contributed by atoms with van der Waals surface area (Å²) in [4.78, 5) is 28.9. The molecule has 3 aliphatic rings. The summed E-state index contributed by atoms with van der Waals surface area (Å²) in [5, 5.41) is 0. The molecule has 3 fully saturated rings. The first-order valence-corrected chi connectivity index (χ1v) is 9.84. The summed E-state index contributed by atoms with van der Waals surface area (Å²) < 4.78 is 5.64. The van der Waals surface area contributed by atoms with Gasteiger partial charge < -0.3 is 14.5 Å². The Kier molecular flexibility index (Phi) is 4.98. The van der Waals surface area contributed by atoms with Crippen molar-refractivity contribution in [3.05, 3.63) is 35.9 Å². The normalized spacial score (nSPS) is 26.4. The fraction of sp³-hybridized carbons (Fsp3) is 0.619. The molecule has 0 bridgehead atoms. The highest BCUT2D eigenvalue weighted by atomic mass is 16.5. The first-order chi connectivity index (χ1) is 12.7. The van der Waals surface area contributed by atoms with Gasteiger partial charge in [-0.3, -0.25) is 9.59 Å². The molecule has 4 rings (SSSR count). The molecular formula is C21H28N2O3. The van der Waals surface area contributed by atoms with Gasteiger partial charge in [0.1, 0.15) is 6.61 Å². The number of rotatable bonds is 5. The lowest BCUT2D eigenvalue weighted by molar-refractivity contribution is -0.146. The molecule has 2 saturated heterocycles. The minimum absolute atomic E-state index is 0.0786. The van der Waals surface area contributed by atoms with Gasteiger partial charge in [0, 0.05) is 37.5 Å². The van der Waals surface area contributed by atoms with Crippen LogP contribution in [0.1, 0.15) is 44.1 Å². The van der Waals surface area contributed by atoms with Gasteiger partial charge in [-0.25, -0.2) is 0 Å². The molecule has 1 aromatic carbocycles. The second-order valence-corrected chi connectivity index (χ2v) is 8.15. The van der Waals surface area contributed by atoms with Crippen LogP contribution in [-0.2, 0) is 20.9 Å². The Balaban J connectivity index is 1.31. The second kappa shape index (κ2) is 7.39. The number of likely N-dealkylation sites (tertiary alicyclic amines) is 2. The van der Waals surface area contributed by atoms with E-state index in [0.29, 0.717) is 25.0 Å². The third-order valence-electron chi connectivity index (χ3n) is 6.03. The van der Waals surface area contributed by atoms with E-state index >= 15 is 0 Å². The maximum Gasteiger partial charge on any atom is 0.248 e. The molecule has 2 amide bonds. The van der Waals surface area contributed by atoms with E-state index in [0.717, 1.165) is 57.3 Å². The lowest BCUT2D eigenvalue weighted by atomic mass is 9.73. The molecule has 5 heteroatoms. The maximum atomic E-state index is 12.6. The van der Waals surface area contributed by atoms with Crippen LogP contribution < -0.4 is 0 Å². The number of piperidine rings is 2. The van der Waals surface area contributed by atoms with Crippen LogP contribution in [0, 0.1) is 5.41 Å². The van der Waals surface area contributed by atoms with E-state index in [-0.39, 0.29) is 17.9 Å². The number of hydrogen-bond donors (Lipinski definition) is 0. The van der Waals surface area contributed by atoms with Crippen molar-refractivity contribution in [3.63, 3.8) is 0 Å². The quantitative estimate of drug-likeness (QED) is 0.815. The Morgan fingerprint density at radius 1 is 1.15 bits per heavy atom. The third-order valence-corrected chi connectivity index (χ3v) is 6.03. The molecule has 0 N–H and O–H groups in total. The van der Waals surface area contributed by atoms with Gasteiger partial charge in [0.2, 0.25) is 11.8 Å². The van der Waals surface area contributed by atoms with Gasteiger partial charge in [-0.05, 0) is 37.7 Å². The minimum atomic E-state index is 0.0786. The highest BCUT2D eigenvalue weighted by Crippen LogP contribution is 2.42. The molecular weight excluding hydrogens is 328 g/mol. The third kappa shape index (κ3) is 3.93. The number of benzene rings is 1. The number of carbonyl (C=O) groups excluding carboxylic acids is 2. The Hall–Kier alpha value is -1.88. The molecule has 1 saturated carbocycles. The highest BCUT2D eigenvalue weighted by Gasteiger charge is 2.46. The zero-order valence-electron chi connectivity index (χ0n) is 15.4. The highest BCUT2D eigenvalue weighted by molar-refractivity contribution is 5.79. The van der Waals surface area contributed by atoms with Crippen LogP contribution in [0.4, 0.5) is 0 Å². The van der Waals surface area contributed by atoms with Gasteiger partial charge >= 0.3 is 0 Å². The Bertz CT molecular complexity index is 658. The van der Waals surface area contributed by atoms with E-state index in [1.165, 1.54) is 0 Å². The van der Waals surface area contributed by atoms with E-state index in [2.05, 4.69) is 4.90 Å². The van der Waals surface area contributed by atoms with E-state index in [1.807, 2.05) is 35.2 Å². The summed E-state index contributed by atoms with van der Waals surface area (Å²) in [5.41, 5.74) is 1.19. The number of amides is 2. The standard InChI is InChI=1S/C21H28N2O3/c24-19-9-11-21(16-23(19)18-7-8-18)10-4-12-22(15-21)20(25)14-26-13-17-5-2-1-3-6-17/h1-3,5-6,18H,4,7-16H2/t21-/m0/s1. The Morgan fingerprint density at radius 3 is 2.73 bits per heavy atom. The van der Waals surface area contributed by atoms with E-state index in [9.17, 15) is 9.59 Å². The van der Waals surface area contributed by atoms with Crippen LogP contribution in [-0.4, -0.2) is 53.9 Å². The van der Waals surface area contributed by atoms with Crippen molar-refractivity contribution in [3.8, 4) is 0 Å². The molecule has 2 aliphatic heterocycles. The average Bonchev–Trinajstić information content (AvgIpc) is 3.50. The molecule has 2 heterocycles. The fourth-order valence-electron chi connectivity index (χ4n) is 4.44. The second-order valence-electron chi connectivity index (χ2n) is 8.15. The molecule has 1 aromatic rings. The molecule has 1 aliphatic carbocycles. The van der Waals surface area contributed by atoms with Gasteiger partial charge in [0.05, 0.1) is 6.61 Å². The molecule has 5 nitrogen and oxygen atoms in total. The minimum Gasteiger partial charge on any atom is -0.367 e. The van der Waals surface area contributed by atoms with Crippen molar-refractivity contribution >= 4 is 11.8 Å². The van der Waals surface area contributed by atoms with Crippen molar-refractivity contribution in [1.29, 1.82) is 0 Å². The van der Waals surface area contributed by atoms with Crippen LogP contribution in [0.5, 0.6) is 0 Å². The summed E-state index contributed by atoms with van der Waals surface area (Å²) >= 11 is 0. The molecule has 0 unspecified atom stereocenters. The average molecular weight is 356 g/mol. The first kappa shape index (κ1) is 17.5. The summed E-state index contributed by atoms with van der Waals surface area (Å²) in [6.45, 7) is 3.03. The Morgan fingerprint density at radius 2 is 1.96 bits per heavy atom. The van der Waals surface area contributed by atoms with Crippen molar-refractivity contribution in [2.24, 2.45) is 5.41 Å². The summed E-state index contributed by atoms with van der Waals surface area (Å²) in [7, 11) is 0. The van der Waals surface area contributed by atoms with Gasteiger partial charge in [-0.2, -0.15) is 0 Å². The van der Waals surface area contributed by atoms with Gasteiger partial charge in [-0.15, -0.1) is 0 Å². The summed E-state index contributed by atoms with van der Waals surface area (Å²) in [6, 6.07) is 10.4. The first-order valence-electron chi connectivity index (χ1n) is 9.84. The molecule has 1 atom stereocenters. The predicted molar refractivity (Wildman–Crippen MR) is 98.3 cm³/mol. The predicted octanol–water partition coefficient (Wildman–Crippen LogP) is 2.60. The number of nitrogens with zero attached hydrogens (tertiary/aromatic N) is 2. The van der Waals surface area contributed by atoms with Crippen LogP contribution >= 0.6 is 0 Å². The van der Waals surface area contributed by atoms with Crippen molar-refractivity contribution in [2.45, 2.75) is 51.2 Å². The van der Waals surface area contributed by atoms with Crippen LogP contribution in [0.25, 0.3) is 0 Å². The molecule has 0 radical (unpaired) electrons. The van der Waals surface area contributed by atoms with Crippen LogP contribution in [0.15, 0.2) is 30.3 Å². The van der Waals surface area contributed by atoms with E-state index < -0.39 is 0 Å². The van der Waals surface area contributed by atoms with E-state index in [4.69, 9.17) is 4.74 Å².